The van der Waals surface area contributed by atoms with Crippen LogP contribution in [0.2, 0.25) is 0 Å². The van der Waals surface area contributed by atoms with Gasteiger partial charge in [0.05, 0.1) is 0 Å². The standard InChI is InChI=1S/C17H16FNO2/c1-17(8-9-17)12-3-5-13(6-4-12)21-15-7-2-11(16(19)20)10-14(15)18/h2-7,10H,8-9H2,1H3,(H2,19,20). The van der Waals surface area contributed by atoms with Gasteiger partial charge in [0.2, 0.25) is 5.91 Å². The lowest BCUT2D eigenvalue weighted by Crippen LogP contribution is -2.11. The molecule has 0 aromatic heterocycles. The Kier molecular flexibility index (Phi) is 3.16. The number of ether oxygens (including phenoxy) is 1. The highest BCUT2D eigenvalue weighted by atomic mass is 19.1. The summed E-state index contributed by atoms with van der Waals surface area (Å²) in [6.07, 6.45) is 2.41. The number of hydrogen-bond donors (Lipinski definition) is 1. The van der Waals surface area contributed by atoms with Crippen molar-refractivity contribution in [1.29, 1.82) is 0 Å². The van der Waals surface area contributed by atoms with Gasteiger partial charge in [-0.3, -0.25) is 4.79 Å². The molecule has 0 saturated heterocycles. The lowest BCUT2D eigenvalue weighted by atomic mass is 9.99. The molecule has 108 valence electrons. The van der Waals surface area contributed by atoms with Gasteiger partial charge in [-0.25, -0.2) is 4.39 Å². The third-order valence-electron chi connectivity index (χ3n) is 4.00. The van der Waals surface area contributed by atoms with Crippen molar-refractivity contribution >= 4 is 5.91 Å². The molecule has 0 bridgehead atoms. The lowest BCUT2D eigenvalue weighted by Gasteiger charge is -2.11. The Labute approximate surface area is 122 Å². The molecule has 2 aromatic carbocycles. The van der Waals surface area contributed by atoms with E-state index in [0.29, 0.717) is 11.2 Å². The molecule has 1 aliphatic carbocycles. The van der Waals surface area contributed by atoms with E-state index in [9.17, 15) is 9.18 Å². The van der Waals surface area contributed by atoms with Crippen LogP contribution in [0.15, 0.2) is 42.5 Å². The molecule has 0 radical (unpaired) electrons. The van der Waals surface area contributed by atoms with Gasteiger partial charge in [0.25, 0.3) is 0 Å². The van der Waals surface area contributed by atoms with Crippen LogP contribution in [-0.4, -0.2) is 5.91 Å². The minimum absolute atomic E-state index is 0.0744. The number of carbonyl (C=O) groups excluding carboxylic acids is 1. The first-order chi connectivity index (χ1) is 9.98. The summed E-state index contributed by atoms with van der Waals surface area (Å²) in [6, 6.07) is 11.6. The number of halogens is 1. The number of primary amides is 1. The van der Waals surface area contributed by atoms with Crippen molar-refractivity contribution in [3.05, 3.63) is 59.4 Å². The predicted octanol–water partition coefficient (Wildman–Crippen LogP) is 3.77. The molecular weight excluding hydrogens is 269 g/mol. The highest BCUT2D eigenvalue weighted by Gasteiger charge is 2.38. The zero-order valence-corrected chi connectivity index (χ0v) is 11.7. The average molecular weight is 285 g/mol. The molecule has 1 aliphatic rings. The molecule has 1 saturated carbocycles. The topological polar surface area (TPSA) is 52.3 Å². The van der Waals surface area contributed by atoms with Crippen molar-refractivity contribution < 1.29 is 13.9 Å². The van der Waals surface area contributed by atoms with Gasteiger partial charge >= 0.3 is 0 Å². The van der Waals surface area contributed by atoms with Gasteiger partial charge in [-0.15, -0.1) is 0 Å². The number of rotatable bonds is 4. The summed E-state index contributed by atoms with van der Waals surface area (Å²) in [6.45, 7) is 2.23. The van der Waals surface area contributed by atoms with Crippen LogP contribution in [0, 0.1) is 5.82 Å². The molecule has 3 rings (SSSR count). The van der Waals surface area contributed by atoms with Gasteiger partial charge < -0.3 is 10.5 Å². The van der Waals surface area contributed by atoms with E-state index < -0.39 is 11.7 Å². The second kappa shape index (κ2) is 4.88. The second-order valence-corrected chi connectivity index (χ2v) is 5.70. The Morgan fingerprint density at radius 3 is 2.38 bits per heavy atom. The molecule has 0 spiro atoms. The molecule has 2 N–H and O–H groups in total. The molecule has 1 amide bonds. The van der Waals surface area contributed by atoms with Crippen LogP contribution in [-0.2, 0) is 5.41 Å². The highest BCUT2D eigenvalue weighted by Crippen LogP contribution is 2.47. The summed E-state index contributed by atoms with van der Waals surface area (Å²) in [5.41, 5.74) is 6.80. The summed E-state index contributed by atoms with van der Waals surface area (Å²) in [5, 5.41) is 0. The van der Waals surface area contributed by atoms with Crippen LogP contribution < -0.4 is 10.5 Å². The number of benzene rings is 2. The molecular formula is C17H16FNO2. The molecule has 0 aliphatic heterocycles. The zero-order chi connectivity index (χ0) is 15.0. The molecule has 4 heteroatoms. The minimum atomic E-state index is -0.664. The van der Waals surface area contributed by atoms with E-state index in [2.05, 4.69) is 6.92 Å². The Morgan fingerprint density at radius 2 is 1.86 bits per heavy atom. The van der Waals surface area contributed by atoms with Gasteiger partial charge in [-0.1, -0.05) is 19.1 Å². The van der Waals surface area contributed by atoms with Crippen LogP contribution in [0.25, 0.3) is 0 Å². The Hall–Kier alpha value is -2.36. The first-order valence-corrected chi connectivity index (χ1v) is 6.86. The minimum Gasteiger partial charge on any atom is -0.454 e. The second-order valence-electron chi connectivity index (χ2n) is 5.70. The van der Waals surface area contributed by atoms with Crippen molar-refractivity contribution in [3.63, 3.8) is 0 Å². The fourth-order valence-electron chi connectivity index (χ4n) is 2.27. The number of carbonyl (C=O) groups is 1. The number of nitrogens with two attached hydrogens (primary N) is 1. The maximum absolute atomic E-state index is 13.8. The van der Waals surface area contributed by atoms with Crippen molar-refractivity contribution in [2.75, 3.05) is 0 Å². The SMILES string of the molecule is CC1(c2ccc(Oc3ccc(C(N)=O)cc3F)cc2)CC1. The molecule has 1 fully saturated rings. The van der Waals surface area contributed by atoms with Crippen LogP contribution >= 0.6 is 0 Å². The quantitative estimate of drug-likeness (QED) is 0.929. The van der Waals surface area contributed by atoms with Crippen molar-refractivity contribution in [2.24, 2.45) is 5.73 Å². The van der Waals surface area contributed by atoms with Crippen molar-refractivity contribution in [2.45, 2.75) is 25.2 Å². The van der Waals surface area contributed by atoms with E-state index in [1.165, 1.54) is 30.5 Å². The average Bonchev–Trinajstić information content (AvgIpc) is 3.21. The fraction of sp³-hybridized carbons (Fsp3) is 0.235. The maximum atomic E-state index is 13.8. The van der Waals surface area contributed by atoms with Crippen molar-refractivity contribution in [3.8, 4) is 11.5 Å². The number of amides is 1. The first-order valence-electron chi connectivity index (χ1n) is 6.86. The summed E-state index contributed by atoms with van der Waals surface area (Å²) in [5.74, 6) is -0.633. The fourth-order valence-corrected chi connectivity index (χ4v) is 2.27. The van der Waals surface area contributed by atoms with E-state index in [1.54, 1.807) is 0 Å². The van der Waals surface area contributed by atoms with Crippen molar-refractivity contribution in [1.82, 2.24) is 0 Å². The summed E-state index contributed by atoms with van der Waals surface area (Å²) < 4.78 is 19.3. The van der Waals surface area contributed by atoms with Crippen LogP contribution in [0.1, 0.15) is 35.7 Å². The Bertz CT molecular complexity index is 690. The molecule has 2 aromatic rings. The third kappa shape index (κ3) is 2.75. The third-order valence-corrected chi connectivity index (χ3v) is 4.00. The normalized spacial score (nSPS) is 15.5. The maximum Gasteiger partial charge on any atom is 0.248 e. The summed E-state index contributed by atoms with van der Waals surface area (Å²) in [4.78, 5) is 11.0. The largest absolute Gasteiger partial charge is 0.454 e. The molecule has 21 heavy (non-hydrogen) atoms. The van der Waals surface area contributed by atoms with Gasteiger partial charge in [0.15, 0.2) is 11.6 Å². The van der Waals surface area contributed by atoms with Crippen LogP contribution in [0.3, 0.4) is 0 Å². The molecule has 0 atom stereocenters. The predicted molar refractivity (Wildman–Crippen MR) is 78.0 cm³/mol. The van der Waals surface area contributed by atoms with Gasteiger partial charge in [0.1, 0.15) is 5.75 Å². The van der Waals surface area contributed by atoms with Crippen LogP contribution in [0.5, 0.6) is 11.5 Å². The summed E-state index contributed by atoms with van der Waals surface area (Å²) >= 11 is 0. The van der Waals surface area contributed by atoms with E-state index in [4.69, 9.17) is 10.5 Å². The van der Waals surface area contributed by atoms with Gasteiger partial charge in [-0.05, 0) is 54.2 Å². The van der Waals surface area contributed by atoms with Gasteiger partial charge in [0, 0.05) is 5.56 Å². The van der Waals surface area contributed by atoms with Gasteiger partial charge in [-0.2, -0.15) is 0 Å². The van der Waals surface area contributed by atoms with Crippen LogP contribution in [0.4, 0.5) is 4.39 Å². The van der Waals surface area contributed by atoms with E-state index in [1.807, 2.05) is 24.3 Å². The van der Waals surface area contributed by atoms with E-state index >= 15 is 0 Å². The van der Waals surface area contributed by atoms with E-state index in [-0.39, 0.29) is 11.3 Å². The monoisotopic (exact) mass is 285 g/mol. The Morgan fingerprint density at radius 1 is 1.19 bits per heavy atom. The highest BCUT2D eigenvalue weighted by molar-refractivity contribution is 5.92. The zero-order valence-electron chi connectivity index (χ0n) is 11.7. The number of hydrogen-bond acceptors (Lipinski definition) is 2. The molecule has 0 unspecified atom stereocenters. The van der Waals surface area contributed by atoms with E-state index in [0.717, 1.165) is 6.07 Å². The first kappa shape index (κ1) is 13.6. The molecule has 3 nitrogen and oxygen atoms in total. The lowest BCUT2D eigenvalue weighted by molar-refractivity contribution is 0.1000. The Balaban J connectivity index is 1.78. The molecule has 0 heterocycles. The smallest absolute Gasteiger partial charge is 0.248 e. The summed E-state index contributed by atoms with van der Waals surface area (Å²) in [7, 11) is 0.